The van der Waals surface area contributed by atoms with Gasteiger partial charge >= 0.3 is 0 Å². The molecule has 0 unspecified atom stereocenters. The van der Waals surface area contributed by atoms with Crippen molar-refractivity contribution >= 4 is 17.0 Å². The summed E-state index contributed by atoms with van der Waals surface area (Å²) in [7, 11) is 0. The highest BCUT2D eigenvalue weighted by Gasteiger charge is 2.49. The number of hydrogen-bond acceptors (Lipinski definition) is 10. The third-order valence-electron chi connectivity index (χ3n) is 5.03. The first kappa shape index (κ1) is 17.8. The highest BCUT2D eigenvalue weighted by molar-refractivity contribution is 5.82. The van der Waals surface area contributed by atoms with Gasteiger partial charge in [0.1, 0.15) is 18.7 Å². The molecule has 2 aliphatic rings. The van der Waals surface area contributed by atoms with E-state index < -0.39 is 29.8 Å². The van der Waals surface area contributed by atoms with Crippen LogP contribution in [-0.4, -0.2) is 59.4 Å². The predicted molar refractivity (Wildman–Crippen MR) is 89.8 cm³/mol. The lowest BCUT2D eigenvalue weighted by atomic mass is 10.1. The van der Waals surface area contributed by atoms with Gasteiger partial charge in [-0.25, -0.2) is 15.0 Å². The topological polar surface area (TPSA) is 158 Å². The molecule has 0 aromatic carbocycles. The van der Waals surface area contributed by atoms with E-state index in [2.05, 4.69) is 25.1 Å². The zero-order valence-electron chi connectivity index (χ0n) is 14.4. The van der Waals surface area contributed by atoms with Crippen LogP contribution in [0.2, 0.25) is 0 Å². The zero-order chi connectivity index (χ0) is 19.0. The minimum absolute atomic E-state index is 0.00156. The maximum atomic E-state index is 10.4. The molecule has 27 heavy (non-hydrogen) atoms. The van der Waals surface area contributed by atoms with Gasteiger partial charge in [0.25, 0.3) is 5.09 Å². The van der Waals surface area contributed by atoms with Crippen LogP contribution in [0.25, 0.3) is 11.2 Å². The molecular weight excluding hydrogens is 360 g/mol. The van der Waals surface area contributed by atoms with Crippen molar-refractivity contribution in [3.63, 3.8) is 0 Å². The van der Waals surface area contributed by atoms with E-state index in [-0.39, 0.29) is 6.42 Å². The van der Waals surface area contributed by atoms with Crippen LogP contribution >= 0.6 is 0 Å². The van der Waals surface area contributed by atoms with E-state index >= 15 is 0 Å². The Kier molecular flexibility index (Phi) is 4.53. The maximum Gasteiger partial charge on any atom is 0.294 e. The Labute approximate surface area is 153 Å². The quantitative estimate of drug-likeness (QED) is 0.472. The third-order valence-corrected chi connectivity index (χ3v) is 5.03. The zero-order valence-corrected chi connectivity index (χ0v) is 14.4. The summed E-state index contributed by atoms with van der Waals surface area (Å²) < 4.78 is 7.02. The SMILES string of the molecule is O=[N+]([O-])OC[C@@]1(O)O[C@@H](n2cnc3c(NC4CCCC4)ncnc32)C[C@@H]1O. The molecule has 1 aliphatic carbocycles. The molecule has 3 heterocycles. The van der Waals surface area contributed by atoms with Crippen LogP contribution in [0.1, 0.15) is 38.3 Å². The Morgan fingerprint density at radius 3 is 2.93 bits per heavy atom. The fourth-order valence-corrected chi connectivity index (χ4v) is 3.61. The first-order chi connectivity index (χ1) is 13.0. The molecule has 146 valence electrons. The molecule has 4 rings (SSSR count). The van der Waals surface area contributed by atoms with Crippen molar-refractivity contribution in [3.05, 3.63) is 22.8 Å². The Balaban J connectivity index is 1.56. The Hall–Kier alpha value is -2.57. The lowest BCUT2D eigenvalue weighted by molar-refractivity contribution is -0.763. The van der Waals surface area contributed by atoms with E-state index in [1.807, 2.05) is 0 Å². The van der Waals surface area contributed by atoms with Gasteiger partial charge in [0.15, 0.2) is 23.6 Å². The van der Waals surface area contributed by atoms with E-state index in [0.717, 1.165) is 12.8 Å². The van der Waals surface area contributed by atoms with Crippen LogP contribution in [0.5, 0.6) is 0 Å². The fourth-order valence-electron chi connectivity index (χ4n) is 3.61. The first-order valence-electron chi connectivity index (χ1n) is 8.76. The van der Waals surface area contributed by atoms with Crippen molar-refractivity contribution in [2.45, 2.75) is 56.3 Å². The van der Waals surface area contributed by atoms with Crippen LogP contribution < -0.4 is 5.32 Å². The lowest BCUT2D eigenvalue weighted by Crippen LogP contribution is -2.44. The molecule has 3 atom stereocenters. The molecule has 12 nitrogen and oxygen atoms in total. The molecule has 0 bridgehead atoms. The van der Waals surface area contributed by atoms with E-state index in [9.17, 15) is 20.3 Å². The highest BCUT2D eigenvalue weighted by atomic mass is 17.0. The second-order valence-corrected chi connectivity index (χ2v) is 6.84. The number of ether oxygens (including phenoxy) is 1. The number of anilines is 1. The monoisotopic (exact) mass is 380 g/mol. The van der Waals surface area contributed by atoms with Crippen molar-refractivity contribution in [2.24, 2.45) is 0 Å². The normalized spacial score (nSPS) is 28.7. The predicted octanol–water partition coefficient (Wildman–Crippen LogP) is 0.357. The number of nitrogens with one attached hydrogen (secondary N) is 1. The molecule has 0 spiro atoms. The molecule has 1 aliphatic heterocycles. The molecule has 0 radical (unpaired) electrons. The standard InChI is InChI=1S/C15H20N6O6/c22-10-5-11(27-15(10,23)6-26-21(24)25)20-8-18-12-13(16-7-17-14(12)20)19-9-3-1-2-4-9/h7-11,22-23H,1-6H2,(H,16,17,19)/t10-,11+,15+/m0/s1. The van der Waals surface area contributed by atoms with Gasteiger partial charge in [-0.15, -0.1) is 10.1 Å². The van der Waals surface area contributed by atoms with Gasteiger partial charge in [-0.1, -0.05) is 12.8 Å². The molecule has 2 aromatic heterocycles. The van der Waals surface area contributed by atoms with Gasteiger partial charge < -0.3 is 25.1 Å². The van der Waals surface area contributed by atoms with Crippen molar-refractivity contribution in [2.75, 3.05) is 11.9 Å². The van der Waals surface area contributed by atoms with Gasteiger partial charge in [0, 0.05) is 12.5 Å². The second-order valence-electron chi connectivity index (χ2n) is 6.84. The van der Waals surface area contributed by atoms with E-state index in [1.54, 1.807) is 4.57 Å². The van der Waals surface area contributed by atoms with Crippen molar-refractivity contribution in [1.82, 2.24) is 19.5 Å². The summed E-state index contributed by atoms with van der Waals surface area (Å²) in [6, 6.07) is 0.349. The number of aliphatic hydroxyl groups excluding tert-OH is 1. The van der Waals surface area contributed by atoms with E-state index in [1.165, 1.54) is 25.5 Å². The lowest BCUT2D eigenvalue weighted by Gasteiger charge is -2.24. The Morgan fingerprint density at radius 1 is 1.41 bits per heavy atom. The Bertz CT molecular complexity index is 839. The van der Waals surface area contributed by atoms with Crippen molar-refractivity contribution < 1.29 is 24.9 Å². The number of nitrogens with zero attached hydrogens (tertiary/aromatic N) is 5. The average Bonchev–Trinajstić information content (AvgIpc) is 3.34. The summed E-state index contributed by atoms with van der Waals surface area (Å²) in [4.78, 5) is 27.4. The smallest absolute Gasteiger partial charge is 0.294 e. The van der Waals surface area contributed by atoms with Crippen LogP contribution in [-0.2, 0) is 9.57 Å². The Morgan fingerprint density at radius 2 is 2.19 bits per heavy atom. The van der Waals surface area contributed by atoms with E-state index in [0.29, 0.717) is 23.0 Å². The summed E-state index contributed by atoms with van der Waals surface area (Å²) in [6.07, 6.45) is 5.23. The summed E-state index contributed by atoms with van der Waals surface area (Å²) >= 11 is 0. The largest absolute Gasteiger partial charge is 0.387 e. The molecule has 1 saturated heterocycles. The summed E-state index contributed by atoms with van der Waals surface area (Å²) in [6.45, 7) is -0.798. The molecule has 12 heteroatoms. The number of rotatable bonds is 6. The fraction of sp³-hybridized carbons (Fsp3) is 0.667. The molecule has 3 N–H and O–H groups in total. The molecule has 1 saturated carbocycles. The van der Waals surface area contributed by atoms with Crippen LogP contribution in [0.4, 0.5) is 5.82 Å². The van der Waals surface area contributed by atoms with Gasteiger partial charge in [-0.05, 0) is 12.8 Å². The van der Waals surface area contributed by atoms with Gasteiger partial charge in [-0.3, -0.25) is 4.57 Å². The van der Waals surface area contributed by atoms with Crippen molar-refractivity contribution in [1.29, 1.82) is 0 Å². The maximum absolute atomic E-state index is 10.4. The first-order valence-corrected chi connectivity index (χ1v) is 8.76. The van der Waals surface area contributed by atoms with Crippen LogP contribution in [0.3, 0.4) is 0 Å². The molecule has 0 amide bonds. The number of fused-ring (bicyclic) bond motifs is 1. The number of hydrogen-bond donors (Lipinski definition) is 3. The van der Waals surface area contributed by atoms with Gasteiger partial charge in [0.2, 0.25) is 5.79 Å². The second kappa shape index (κ2) is 6.87. The van der Waals surface area contributed by atoms with Gasteiger partial charge in [-0.2, -0.15) is 0 Å². The highest BCUT2D eigenvalue weighted by Crippen LogP contribution is 2.37. The summed E-state index contributed by atoms with van der Waals surface area (Å²) in [5.74, 6) is -1.57. The summed E-state index contributed by atoms with van der Waals surface area (Å²) in [5, 5.41) is 33.1. The minimum Gasteiger partial charge on any atom is -0.387 e. The minimum atomic E-state index is -2.19. The number of aliphatic hydroxyl groups is 2. The van der Waals surface area contributed by atoms with Gasteiger partial charge in [0.05, 0.1) is 6.33 Å². The third kappa shape index (κ3) is 3.38. The average molecular weight is 380 g/mol. The summed E-state index contributed by atoms with van der Waals surface area (Å²) in [5.41, 5.74) is 1.03. The number of imidazole rings is 1. The van der Waals surface area contributed by atoms with E-state index in [4.69, 9.17) is 4.74 Å². The van der Waals surface area contributed by atoms with Crippen molar-refractivity contribution in [3.8, 4) is 0 Å². The molecular formula is C15H20N6O6. The van der Waals surface area contributed by atoms with Crippen LogP contribution in [0.15, 0.2) is 12.7 Å². The molecule has 2 fully saturated rings. The number of aromatic nitrogens is 4. The van der Waals surface area contributed by atoms with Crippen LogP contribution in [0, 0.1) is 10.1 Å². The molecule has 2 aromatic rings.